The fraction of sp³-hybridized carbons (Fsp3) is 0.316. The van der Waals surface area contributed by atoms with Crippen molar-refractivity contribution < 1.29 is 17.9 Å². The third-order valence-electron chi connectivity index (χ3n) is 4.81. The molecule has 0 saturated carbocycles. The van der Waals surface area contributed by atoms with Crippen LogP contribution < -0.4 is 14.4 Å². The first kappa shape index (κ1) is 19.5. The van der Waals surface area contributed by atoms with E-state index < -0.39 is 20.7 Å². The van der Waals surface area contributed by atoms with Crippen LogP contribution in [0.3, 0.4) is 0 Å². The molecule has 0 aromatic heterocycles. The number of amides is 1. The van der Waals surface area contributed by atoms with Gasteiger partial charge < -0.3 is 10.1 Å². The van der Waals surface area contributed by atoms with Crippen molar-refractivity contribution in [3.05, 3.63) is 53.6 Å². The summed E-state index contributed by atoms with van der Waals surface area (Å²) in [5.41, 5.74) is 0.975. The lowest BCUT2D eigenvalue weighted by atomic mass is 10.0. The van der Waals surface area contributed by atoms with Gasteiger partial charge in [0.15, 0.2) is 4.75 Å². The molecule has 1 fully saturated rings. The van der Waals surface area contributed by atoms with Crippen molar-refractivity contribution >= 4 is 38.9 Å². The maximum atomic E-state index is 13.3. The number of carbonyl (C=O) groups excluding carboxylic acids is 1. The van der Waals surface area contributed by atoms with Gasteiger partial charge in [-0.2, -0.15) is 0 Å². The molecule has 144 valence electrons. The van der Waals surface area contributed by atoms with Crippen molar-refractivity contribution in [3.8, 4) is 5.75 Å². The fourth-order valence-electron chi connectivity index (χ4n) is 3.15. The summed E-state index contributed by atoms with van der Waals surface area (Å²) < 4.78 is 31.3. The molecule has 27 heavy (non-hydrogen) atoms. The van der Waals surface area contributed by atoms with Gasteiger partial charge in [-0.3, -0.25) is 9.10 Å². The largest absolute Gasteiger partial charge is 0.495 e. The Morgan fingerprint density at radius 2 is 1.93 bits per heavy atom. The number of ether oxygens (including phenoxy) is 1. The summed E-state index contributed by atoms with van der Waals surface area (Å²) in [6.45, 7) is 1.82. The summed E-state index contributed by atoms with van der Waals surface area (Å²) in [6.07, 6.45) is 0.829. The Balaban J connectivity index is 1.89. The summed E-state index contributed by atoms with van der Waals surface area (Å²) in [5.74, 6) is -0.106. The van der Waals surface area contributed by atoms with Crippen molar-refractivity contribution in [2.24, 2.45) is 0 Å². The smallest absolute Gasteiger partial charge is 0.249 e. The Bertz CT molecular complexity index is 949. The highest BCUT2D eigenvalue weighted by molar-refractivity contribution is 7.95. The number of hydrogen-bond acceptors (Lipinski definition) is 4. The monoisotopic (exact) mass is 408 g/mol. The molecule has 0 unspecified atom stereocenters. The summed E-state index contributed by atoms with van der Waals surface area (Å²) in [7, 11) is -2.40. The lowest BCUT2D eigenvalue weighted by molar-refractivity contribution is -0.118. The molecule has 2 aromatic carbocycles. The van der Waals surface area contributed by atoms with Gasteiger partial charge in [-0.05, 0) is 50.1 Å². The van der Waals surface area contributed by atoms with Crippen LogP contribution in [0.5, 0.6) is 5.75 Å². The van der Waals surface area contributed by atoms with Gasteiger partial charge in [-0.25, -0.2) is 8.42 Å². The first-order chi connectivity index (χ1) is 12.8. The third-order valence-corrected chi connectivity index (χ3v) is 7.61. The maximum absolute atomic E-state index is 13.3. The van der Waals surface area contributed by atoms with Crippen LogP contribution in [0.2, 0.25) is 5.02 Å². The molecular weight excluding hydrogens is 388 g/mol. The van der Waals surface area contributed by atoms with Gasteiger partial charge in [0, 0.05) is 12.2 Å². The predicted molar refractivity (Wildman–Crippen MR) is 107 cm³/mol. The van der Waals surface area contributed by atoms with Gasteiger partial charge in [0.1, 0.15) is 5.75 Å². The second kappa shape index (κ2) is 7.40. The Labute approximate surface area is 164 Å². The van der Waals surface area contributed by atoms with E-state index in [-0.39, 0.29) is 6.42 Å². The summed E-state index contributed by atoms with van der Waals surface area (Å²) >= 11 is 6.09. The van der Waals surface area contributed by atoms with Crippen LogP contribution in [0.25, 0.3) is 0 Å². The Hall–Kier alpha value is -2.25. The van der Waals surface area contributed by atoms with E-state index >= 15 is 0 Å². The molecule has 8 heteroatoms. The van der Waals surface area contributed by atoms with Crippen LogP contribution in [-0.4, -0.2) is 32.7 Å². The Kier molecular flexibility index (Phi) is 5.35. The quantitative estimate of drug-likeness (QED) is 0.837. The van der Waals surface area contributed by atoms with Gasteiger partial charge >= 0.3 is 0 Å². The fourth-order valence-corrected chi connectivity index (χ4v) is 5.35. The zero-order valence-electron chi connectivity index (χ0n) is 15.1. The number of anilines is 2. The third kappa shape index (κ3) is 3.49. The molecule has 3 rings (SSSR count). The second-order valence-corrected chi connectivity index (χ2v) is 9.25. The first-order valence-electron chi connectivity index (χ1n) is 8.52. The Morgan fingerprint density at radius 3 is 2.56 bits per heavy atom. The zero-order valence-corrected chi connectivity index (χ0v) is 16.7. The number of hydrogen-bond donors (Lipinski definition) is 1. The number of halogens is 1. The standard InChI is InChI=1S/C19H21ClN2O4S/c1-19(18(23)21-14-9-10-17(26-2)16(20)13-14)11-6-12-22(27(19,24)25)15-7-4-3-5-8-15/h3-5,7-10,13H,6,11-12H2,1-2H3,(H,21,23)/t19-/m0/s1. The van der Waals surface area contributed by atoms with E-state index in [4.69, 9.17) is 16.3 Å². The zero-order chi connectivity index (χ0) is 19.7. The number of para-hydroxylation sites is 1. The van der Waals surface area contributed by atoms with E-state index in [1.165, 1.54) is 24.4 Å². The van der Waals surface area contributed by atoms with Crippen LogP contribution in [0.15, 0.2) is 48.5 Å². The van der Waals surface area contributed by atoms with E-state index in [1.54, 1.807) is 36.4 Å². The molecule has 2 aromatic rings. The van der Waals surface area contributed by atoms with Crippen LogP contribution >= 0.6 is 11.6 Å². The van der Waals surface area contributed by atoms with E-state index in [1.807, 2.05) is 6.07 Å². The van der Waals surface area contributed by atoms with Crippen molar-refractivity contribution in [2.75, 3.05) is 23.3 Å². The number of nitrogens with zero attached hydrogens (tertiary/aromatic N) is 1. The van der Waals surface area contributed by atoms with Crippen LogP contribution in [0.1, 0.15) is 19.8 Å². The van der Waals surface area contributed by atoms with E-state index in [0.29, 0.717) is 35.1 Å². The SMILES string of the molecule is COc1ccc(NC(=O)[C@]2(C)CCCN(c3ccccc3)S2(=O)=O)cc1Cl. The molecule has 1 N–H and O–H groups in total. The number of carbonyl (C=O) groups is 1. The number of rotatable bonds is 4. The molecular formula is C19H21ClN2O4S. The average Bonchev–Trinajstić information content (AvgIpc) is 2.64. The molecule has 1 saturated heterocycles. The lowest BCUT2D eigenvalue weighted by Gasteiger charge is -2.39. The highest BCUT2D eigenvalue weighted by atomic mass is 35.5. The van der Waals surface area contributed by atoms with Crippen molar-refractivity contribution in [2.45, 2.75) is 24.5 Å². The first-order valence-corrected chi connectivity index (χ1v) is 10.3. The van der Waals surface area contributed by atoms with Gasteiger partial charge in [-0.15, -0.1) is 0 Å². The van der Waals surface area contributed by atoms with Gasteiger partial charge in [0.05, 0.1) is 17.8 Å². The number of methoxy groups -OCH3 is 1. The second-order valence-electron chi connectivity index (χ2n) is 6.55. The van der Waals surface area contributed by atoms with Gasteiger partial charge in [0.2, 0.25) is 15.9 Å². The van der Waals surface area contributed by atoms with Gasteiger partial charge in [0.25, 0.3) is 0 Å². The molecule has 6 nitrogen and oxygen atoms in total. The summed E-state index contributed by atoms with van der Waals surface area (Å²) in [5, 5.41) is 3.02. The van der Waals surface area contributed by atoms with Crippen LogP contribution in [0, 0.1) is 0 Å². The molecule has 0 radical (unpaired) electrons. The summed E-state index contributed by atoms with van der Waals surface area (Å²) in [4.78, 5) is 13.0. The molecule has 1 aliphatic rings. The van der Waals surface area contributed by atoms with Crippen molar-refractivity contribution in [1.29, 1.82) is 0 Å². The molecule has 1 atom stereocenters. The summed E-state index contributed by atoms with van der Waals surface area (Å²) in [6, 6.07) is 13.6. The maximum Gasteiger partial charge on any atom is 0.249 e. The minimum absolute atomic E-state index is 0.244. The number of nitrogens with one attached hydrogen (secondary N) is 1. The van der Waals surface area contributed by atoms with Crippen LogP contribution in [-0.2, 0) is 14.8 Å². The number of sulfonamides is 1. The molecule has 1 amide bonds. The molecule has 0 bridgehead atoms. The van der Waals surface area contributed by atoms with E-state index in [9.17, 15) is 13.2 Å². The average molecular weight is 409 g/mol. The topological polar surface area (TPSA) is 75.7 Å². The highest BCUT2D eigenvalue weighted by Gasteiger charge is 2.51. The normalized spacial score (nSPS) is 21.5. The Morgan fingerprint density at radius 1 is 1.22 bits per heavy atom. The van der Waals surface area contributed by atoms with Crippen LogP contribution in [0.4, 0.5) is 11.4 Å². The van der Waals surface area contributed by atoms with Crippen molar-refractivity contribution in [1.82, 2.24) is 0 Å². The molecule has 0 aliphatic carbocycles. The minimum atomic E-state index is -3.90. The molecule has 0 spiro atoms. The van der Waals surface area contributed by atoms with Crippen molar-refractivity contribution in [3.63, 3.8) is 0 Å². The number of benzene rings is 2. The molecule has 1 aliphatic heterocycles. The molecule has 1 heterocycles. The lowest BCUT2D eigenvalue weighted by Crippen LogP contribution is -2.57. The predicted octanol–water partition coefficient (Wildman–Crippen LogP) is 3.68. The minimum Gasteiger partial charge on any atom is -0.495 e. The highest BCUT2D eigenvalue weighted by Crippen LogP contribution is 2.36. The van der Waals surface area contributed by atoms with E-state index in [0.717, 1.165) is 0 Å². The van der Waals surface area contributed by atoms with E-state index in [2.05, 4.69) is 5.32 Å². The van der Waals surface area contributed by atoms with Gasteiger partial charge in [-0.1, -0.05) is 29.8 Å².